The summed E-state index contributed by atoms with van der Waals surface area (Å²) in [7, 11) is 0. The van der Waals surface area contributed by atoms with Gasteiger partial charge < -0.3 is 10.1 Å². The molecule has 25 heavy (non-hydrogen) atoms. The second kappa shape index (κ2) is 7.52. The van der Waals surface area contributed by atoms with Gasteiger partial charge >= 0.3 is 5.97 Å². The fourth-order valence-corrected chi connectivity index (χ4v) is 2.05. The predicted octanol–water partition coefficient (Wildman–Crippen LogP) is 3.47. The van der Waals surface area contributed by atoms with Gasteiger partial charge in [-0.25, -0.2) is 9.18 Å². The Labute approximate surface area is 142 Å². The average Bonchev–Trinajstić information content (AvgIpc) is 2.58. The molecule has 0 spiro atoms. The van der Waals surface area contributed by atoms with Gasteiger partial charge in [-0.3, -0.25) is 14.9 Å². The third-order valence-electron chi connectivity index (χ3n) is 3.33. The third kappa shape index (κ3) is 4.37. The van der Waals surface area contributed by atoms with Crippen molar-refractivity contribution in [3.63, 3.8) is 0 Å². The van der Waals surface area contributed by atoms with Crippen LogP contribution in [0.25, 0.3) is 0 Å². The van der Waals surface area contributed by atoms with Crippen LogP contribution in [0.2, 0.25) is 0 Å². The molecule has 0 aliphatic heterocycles. The number of non-ortho nitro benzene ring substituents is 1. The van der Waals surface area contributed by atoms with Gasteiger partial charge in [0.05, 0.1) is 17.1 Å². The molecule has 0 fully saturated rings. The van der Waals surface area contributed by atoms with E-state index in [0.29, 0.717) is 5.56 Å². The maximum absolute atomic E-state index is 13.6. The van der Waals surface area contributed by atoms with Crippen molar-refractivity contribution in [2.45, 2.75) is 13.8 Å². The molecule has 2 aromatic carbocycles. The number of hydrogen-bond acceptors (Lipinski definition) is 5. The van der Waals surface area contributed by atoms with E-state index in [1.807, 2.05) is 0 Å². The molecular formula is C17H15FN2O5. The normalized spacial score (nSPS) is 10.2. The van der Waals surface area contributed by atoms with E-state index in [0.717, 1.165) is 18.2 Å². The highest BCUT2D eigenvalue weighted by molar-refractivity contribution is 6.06. The lowest BCUT2D eigenvalue weighted by Crippen LogP contribution is -2.14. The van der Waals surface area contributed by atoms with E-state index < -0.39 is 28.3 Å². The zero-order valence-electron chi connectivity index (χ0n) is 13.5. The number of carbonyl (C=O) groups excluding carboxylic acids is 2. The van der Waals surface area contributed by atoms with Crippen molar-refractivity contribution in [1.82, 2.24) is 0 Å². The van der Waals surface area contributed by atoms with Gasteiger partial charge in [-0.2, -0.15) is 0 Å². The molecule has 2 rings (SSSR count). The lowest BCUT2D eigenvalue weighted by molar-refractivity contribution is -0.384. The van der Waals surface area contributed by atoms with E-state index in [9.17, 15) is 24.1 Å². The van der Waals surface area contributed by atoms with Crippen LogP contribution in [0.15, 0.2) is 36.4 Å². The van der Waals surface area contributed by atoms with Gasteiger partial charge in [-0.05, 0) is 37.6 Å². The molecular weight excluding hydrogens is 331 g/mol. The van der Waals surface area contributed by atoms with Gasteiger partial charge in [0.2, 0.25) is 0 Å². The molecule has 130 valence electrons. The molecule has 1 N–H and O–H groups in total. The number of nitrogens with one attached hydrogen (secondary N) is 1. The summed E-state index contributed by atoms with van der Waals surface area (Å²) in [6.07, 6.45) is 0. The first kappa shape index (κ1) is 18.1. The Hall–Kier alpha value is -3.29. The van der Waals surface area contributed by atoms with Crippen LogP contribution in [0.4, 0.5) is 15.8 Å². The fraction of sp³-hybridized carbons (Fsp3) is 0.176. The van der Waals surface area contributed by atoms with Crippen molar-refractivity contribution in [2.24, 2.45) is 0 Å². The fourth-order valence-electron chi connectivity index (χ4n) is 2.05. The first-order valence-electron chi connectivity index (χ1n) is 7.36. The third-order valence-corrected chi connectivity index (χ3v) is 3.33. The molecule has 8 heteroatoms. The zero-order valence-corrected chi connectivity index (χ0v) is 13.5. The number of nitro groups is 1. The number of rotatable bonds is 5. The summed E-state index contributed by atoms with van der Waals surface area (Å²) in [5.41, 5.74) is -0.0458. The monoisotopic (exact) mass is 346 g/mol. The Bertz CT molecular complexity index is 851. The second-order valence-electron chi connectivity index (χ2n) is 5.16. The molecule has 7 nitrogen and oxygen atoms in total. The van der Waals surface area contributed by atoms with Gasteiger partial charge in [-0.15, -0.1) is 0 Å². The van der Waals surface area contributed by atoms with Gasteiger partial charge in [0, 0.05) is 23.4 Å². The van der Waals surface area contributed by atoms with Crippen molar-refractivity contribution < 1.29 is 23.6 Å². The lowest BCUT2D eigenvalue weighted by Gasteiger charge is -2.08. The number of nitrogens with zero attached hydrogens (tertiary/aromatic N) is 1. The molecule has 0 atom stereocenters. The number of carbonyl (C=O) groups is 2. The number of anilines is 1. The number of esters is 1. The van der Waals surface area contributed by atoms with Crippen LogP contribution < -0.4 is 5.32 Å². The molecule has 0 unspecified atom stereocenters. The summed E-state index contributed by atoms with van der Waals surface area (Å²) in [5.74, 6) is -1.98. The smallest absolute Gasteiger partial charge is 0.338 e. The predicted molar refractivity (Wildman–Crippen MR) is 88.1 cm³/mol. The molecule has 0 bridgehead atoms. The number of ether oxygens (including phenoxy) is 1. The van der Waals surface area contributed by atoms with Crippen LogP contribution in [-0.2, 0) is 4.74 Å². The van der Waals surface area contributed by atoms with Crippen molar-refractivity contribution in [1.29, 1.82) is 0 Å². The van der Waals surface area contributed by atoms with Gasteiger partial charge in [0.15, 0.2) is 0 Å². The number of nitro benzene ring substituents is 1. The van der Waals surface area contributed by atoms with E-state index >= 15 is 0 Å². The highest BCUT2D eigenvalue weighted by Gasteiger charge is 2.19. The summed E-state index contributed by atoms with van der Waals surface area (Å²) in [6.45, 7) is 3.26. The molecule has 0 radical (unpaired) electrons. The van der Waals surface area contributed by atoms with Crippen molar-refractivity contribution >= 4 is 23.3 Å². The van der Waals surface area contributed by atoms with Crippen LogP contribution >= 0.6 is 0 Å². The number of benzene rings is 2. The quantitative estimate of drug-likeness (QED) is 0.508. The Morgan fingerprint density at radius 1 is 1.20 bits per heavy atom. The van der Waals surface area contributed by atoms with Gasteiger partial charge in [0.25, 0.3) is 11.6 Å². The van der Waals surface area contributed by atoms with Crippen molar-refractivity contribution in [3.8, 4) is 0 Å². The molecule has 0 aromatic heterocycles. The second-order valence-corrected chi connectivity index (χ2v) is 5.16. The SMILES string of the molecule is CCOC(=O)c1cc(C(=O)Nc2ccc(C)c(F)c2)cc([N+](=O)[O-])c1. The highest BCUT2D eigenvalue weighted by atomic mass is 19.1. The van der Waals surface area contributed by atoms with Crippen molar-refractivity contribution in [3.05, 3.63) is 69.0 Å². The Kier molecular flexibility index (Phi) is 5.43. The highest BCUT2D eigenvalue weighted by Crippen LogP contribution is 2.20. The van der Waals surface area contributed by atoms with Crippen molar-refractivity contribution in [2.75, 3.05) is 11.9 Å². The minimum absolute atomic E-state index is 0.0890. The minimum atomic E-state index is -0.776. The van der Waals surface area contributed by atoms with Gasteiger partial charge in [0.1, 0.15) is 5.82 Å². The maximum Gasteiger partial charge on any atom is 0.338 e. The number of halogens is 1. The number of aryl methyl sites for hydroxylation is 1. The Morgan fingerprint density at radius 2 is 1.88 bits per heavy atom. The summed E-state index contributed by atoms with van der Waals surface area (Å²) in [4.78, 5) is 34.4. The lowest BCUT2D eigenvalue weighted by atomic mass is 10.1. The summed E-state index contributed by atoms with van der Waals surface area (Å²) < 4.78 is 18.4. The average molecular weight is 346 g/mol. The van der Waals surface area contributed by atoms with Crippen LogP contribution in [0, 0.1) is 22.9 Å². The summed E-state index contributed by atoms with van der Waals surface area (Å²) >= 11 is 0. The molecule has 0 aliphatic rings. The summed E-state index contributed by atoms with van der Waals surface area (Å²) in [5, 5.41) is 13.5. The van der Waals surface area contributed by atoms with Crippen LogP contribution in [-0.4, -0.2) is 23.4 Å². The van der Waals surface area contributed by atoms with Gasteiger partial charge in [-0.1, -0.05) is 6.07 Å². The van der Waals surface area contributed by atoms with E-state index in [4.69, 9.17) is 4.74 Å². The molecule has 0 saturated heterocycles. The minimum Gasteiger partial charge on any atom is -0.462 e. The standard InChI is InChI=1S/C17H15FN2O5/c1-3-25-17(22)12-6-11(7-14(8-12)20(23)24)16(21)19-13-5-4-10(2)15(18)9-13/h4-9H,3H2,1-2H3,(H,19,21). The molecule has 0 aliphatic carbocycles. The molecule has 0 saturated carbocycles. The summed E-state index contributed by atoms with van der Waals surface area (Å²) in [6, 6.07) is 7.37. The largest absolute Gasteiger partial charge is 0.462 e. The topological polar surface area (TPSA) is 98.5 Å². The van der Waals surface area contributed by atoms with E-state index in [1.54, 1.807) is 13.8 Å². The number of amides is 1. The Balaban J connectivity index is 2.35. The van der Waals surface area contributed by atoms with E-state index in [1.165, 1.54) is 18.2 Å². The van der Waals surface area contributed by atoms with Crippen LogP contribution in [0.3, 0.4) is 0 Å². The first-order valence-corrected chi connectivity index (χ1v) is 7.36. The number of hydrogen-bond donors (Lipinski definition) is 1. The van der Waals surface area contributed by atoms with E-state index in [2.05, 4.69) is 5.32 Å². The Morgan fingerprint density at radius 3 is 2.48 bits per heavy atom. The van der Waals surface area contributed by atoms with Crippen LogP contribution in [0.5, 0.6) is 0 Å². The molecule has 0 heterocycles. The first-order chi connectivity index (χ1) is 11.8. The zero-order chi connectivity index (χ0) is 18.6. The molecule has 1 amide bonds. The molecule has 2 aromatic rings. The maximum atomic E-state index is 13.6. The van der Waals surface area contributed by atoms with E-state index in [-0.39, 0.29) is 23.4 Å². The van der Waals surface area contributed by atoms with Crippen LogP contribution in [0.1, 0.15) is 33.2 Å².